The van der Waals surface area contributed by atoms with Crippen molar-refractivity contribution in [3.8, 4) is 0 Å². The van der Waals surface area contributed by atoms with Gasteiger partial charge in [-0.15, -0.1) is 0 Å². The molecule has 6 nitrogen and oxygen atoms in total. The number of esters is 1. The summed E-state index contributed by atoms with van der Waals surface area (Å²) < 4.78 is 4.98. The van der Waals surface area contributed by atoms with Gasteiger partial charge in [0.1, 0.15) is 0 Å². The van der Waals surface area contributed by atoms with Crippen molar-refractivity contribution in [2.45, 2.75) is 13.8 Å². The lowest BCUT2D eigenvalue weighted by Gasteiger charge is -2.10. The quantitative estimate of drug-likeness (QED) is 0.827. The van der Waals surface area contributed by atoms with E-state index in [-0.39, 0.29) is 18.4 Å². The standard InChI is InChI=1S/C18H18N2O4/c1-3-24-18(23)15-6-4-5-7-16(15)20-17(22)13-8-10-14(11-9-13)19-12(2)21/h4-11H,3H2,1-2H3,(H,19,21)(H,20,22). The smallest absolute Gasteiger partial charge is 0.340 e. The predicted octanol–water partition coefficient (Wildman–Crippen LogP) is 3.07. The van der Waals surface area contributed by atoms with Crippen molar-refractivity contribution in [3.05, 3.63) is 59.7 Å². The molecule has 2 amide bonds. The zero-order chi connectivity index (χ0) is 17.5. The lowest BCUT2D eigenvalue weighted by atomic mass is 10.1. The average Bonchev–Trinajstić information content (AvgIpc) is 2.55. The van der Waals surface area contributed by atoms with E-state index < -0.39 is 5.97 Å². The molecule has 0 aliphatic rings. The molecule has 2 aromatic rings. The highest BCUT2D eigenvalue weighted by Crippen LogP contribution is 2.18. The van der Waals surface area contributed by atoms with Gasteiger partial charge in [-0.3, -0.25) is 9.59 Å². The third-order valence-electron chi connectivity index (χ3n) is 3.14. The Labute approximate surface area is 139 Å². The Bertz CT molecular complexity index is 754. The molecule has 0 aliphatic carbocycles. The molecule has 2 N–H and O–H groups in total. The molecule has 0 unspecified atom stereocenters. The Kier molecular flexibility index (Phi) is 5.68. The molecule has 2 rings (SSSR count). The molecule has 6 heteroatoms. The van der Waals surface area contributed by atoms with Crippen LogP contribution in [0.25, 0.3) is 0 Å². The summed E-state index contributed by atoms with van der Waals surface area (Å²) in [6, 6.07) is 13.1. The van der Waals surface area contributed by atoms with Crippen molar-refractivity contribution in [2.75, 3.05) is 17.2 Å². The first-order chi connectivity index (χ1) is 11.5. The van der Waals surface area contributed by atoms with Gasteiger partial charge in [0.2, 0.25) is 5.91 Å². The van der Waals surface area contributed by atoms with Crippen LogP contribution in [0.15, 0.2) is 48.5 Å². The largest absolute Gasteiger partial charge is 0.462 e. The Morgan fingerprint density at radius 2 is 1.62 bits per heavy atom. The lowest BCUT2D eigenvalue weighted by molar-refractivity contribution is -0.114. The number of benzene rings is 2. The van der Waals surface area contributed by atoms with E-state index in [4.69, 9.17) is 4.74 Å². The SMILES string of the molecule is CCOC(=O)c1ccccc1NC(=O)c1ccc(NC(C)=O)cc1. The van der Waals surface area contributed by atoms with Crippen LogP contribution < -0.4 is 10.6 Å². The van der Waals surface area contributed by atoms with Crippen molar-refractivity contribution < 1.29 is 19.1 Å². The summed E-state index contributed by atoms with van der Waals surface area (Å²) in [5, 5.41) is 5.33. The summed E-state index contributed by atoms with van der Waals surface area (Å²) in [5.74, 6) is -1.04. The molecule has 2 aromatic carbocycles. The van der Waals surface area contributed by atoms with Crippen molar-refractivity contribution in [1.29, 1.82) is 0 Å². The maximum Gasteiger partial charge on any atom is 0.340 e. The minimum absolute atomic E-state index is 0.185. The third-order valence-corrected chi connectivity index (χ3v) is 3.14. The summed E-state index contributed by atoms with van der Waals surface area (Å²) in [7, 11) is 0. The van der Waals surface area contributed by atoms with Crippen LogP contribution in [-0.4, -0.2) is 24.4 Å². The van der Waals surface area contributed by atoms with Crippen molar-refractivity contribution >= 4 is 29.2 Å². The van der Waals surface area contributed by atoms with E-state index >= 15 is 0 Å². The molecule has 0 fully saturated rings. The van der Waals surface area contributed by atoms with Crippen LogP contribution in [0.3, 0.4) is 0 Å². The van der Waals surface area contributed by atoms with Crippen LogP contribution in [0.4, 0.5) is 11.4 Å². The first kappa shape index (κ1) is 17.2. The van der Waals surface area contributed by atoms with Gasteiger partial charge in [0.05, 0.1) is 17.9 Å². The Morgan fingerprint density at radius 1 is 0.958 bits per heavy atom. The van der Waals surface area contributed by atoms with E-state index in [1.165, 1.54) is 6.92 Å². The fourth-order valence-corrected chi connectivity index (χ4v) is 2.08. The lowest BCUT2D eigenvalue weighted by Crippen LogP contribution is -2.16. The molecule has 0 aliphatic heterocycles. The number of para-hydroxylation sites is 1. The topological polar surface area (TPSA) is 84.5 Å². The maximum atomic E-state index is 12.3. The van der Waals surface area contributed by atoms with Gasteiger partial charge in [-0.2, -0.15) is 0 Å². The van der Waals surface area contributed by atoms with Gasteiger partial charge in [0, 0.05) is 18.2 Å². The van der Waals surface area contributed by atoms with E-state index in [1.807, 2.05) is 0 Å². The molecule has 0 bridgehead atoms. The summed E-state index contributed by atoms with van der Waals surface area (Å²) in [6.45, 7) is 3.38. The number of carbonyl (C=O) groups excluding carboxylic acids is 3. The monoisotopic (exact) mass is 326 g/mol. The second kappa shape index (κ2) is 7.92. The van der Waals surface area contributed by atoms with Crippen LogP contribution in [0.5, 0.6) is 0 Å². The van der Waals surface area contributed by atoms with E-state index in [0.717, 1.165) is 0 Å². The highest BCUT2D eigenvalue weighted by atomic mass is 16.5. The third kappa shape index (κ3) is 4.42. The zero-order valence-electron chi connectivity index (χ0n) is 13.5. The van der Waals surface area contributed by atoms with E-state index in [0.29, 0.717) is 22.5 Å². The summed E-state index contributed by atoms with van der Waals surface area (Å²) in [6.07, 6.45) is 0. The zero-order valence-corrected chi connectivity index (χ0v) is 13.5. The molecule has 0 saturated heterocycles. The van der Waals surface area contributed by atoms with Crippen LogP contribution in [0.1, 0.15) is 34.6 Å². The molecule has 24 heavy (non-hydrogen) atoms. The number of ether oxygens (including phenoxy) is 1. The van der Waals surface area contributed by atoms with Gasteiger partial charge >= 0.3 is 5.97 Å². The Hall–Kier alpha value is -3.15. The van der Waals surface area contributed by atoms with Crippen LogP contribution in [0, 0.1) is 0 Å². The predicted molar refractivity (Wildman–Crippen MR) is 91.1 cm³/mol. The highest BCUT2D eigenvalue weighted by molar-refractivity contribution is 6.08. The van der Waals surface area contributed by atoms with Crippen molar-refractivity contribution in [1.82, 2.24) is 0 Å². The maximum absolute atomic E-state index is 12.3. The van der Waals surface area contributed by atoms with Gasteiger partial charge in [0.15, 0.2) is 0 Å². The summed E-state index contributed by atoms with van der Waals surface area (Å²) in [5.41, 5.74) is 1.68. The van der Waals surface area contributed by atoms with Gasteiger partial charge in [-0.1, -0.05) is 12.1 Å². The molecule has 0 saturated carbocycles. The molecular weight excluding hydrogens is 308 g/mol. The fraction of sp³-hybridized carbons (Fsp3) is 0.167. The van der Waals surface area contributed by atoms with E-state index in [1.54, 1.807) is 55.5 Å². The van der Waals surface area contributed by atoms with Gasteiger partial charge in [-0.25, -0.2) is 4.79 Å². The molecule has 0 atom stereocenters. The molecular formula is C18H18N2O4. The normalized spacial score (nSPS) is 9.92. The summed E-state index contributed by atoms with van der Waals surface area (Å²) >= 11 is 0. The van der Waals surface area contributed by atoms with Gasteiger partial charge < -0.3 is 15.4 Å². The minimum atomic E-state index is -0.491. The number of hydrogen-bond acceptors (Lipinski definition) is 4. The van der Waals surface area contributed by atoms with Crippen molar-refractivity contribution in [2.24, 2.45) is 0 Å². The Morgan fingerprint density at radius 3 is 2.25 bits per heavy atom. The summed E-state index contributed by atoms with van der Waals surface area (Å²) in [4.78, 5) is 35.2. The molecule has 0 heterocycles. The molecule has 0 spiro atoms. The van der Waals surface area contributed by atoms with E-state index in [2.05, 4.69) is 10.6 Å². The number of carbonyl (C=O) groups is 3. The second-order valence-corrected chi connectivity index (χ2v) is 4.98. The average molecular weight is 326 g/mol. The fourth-order valence-electron chi connectivity index (χ4n) is 2.08. The first-order valence-corrected chi connectivity index (χ1v) is 7.46. The molecule has 124 valence electrons. The van der Waals surface area contributed by atoms with Crippen LogP contribution in [-0.2, 0) is 9.53 Å². The number of rotatable bonds is 5. The van der Waals surface area contributed by atoms with Gasteiger partial charge in [-0.05, 0) is 43.3 Å². The van der Waals surface area contributed by atoms with Gasteiger partial charge in [0.25, 0.3) is 5.91 Å². The number of nitrogens with one attached hydrogen (secondary N) is 2. The van der Waals surface area contributed by atoms with Crippen LogP contribution >= 0.6 is 0 Å². The number of amides is 2. The van der Waals surface area contributed by atoms with Crippen molar-refractivity contribution in [3.63, 3.8) is 0 Å². The number of hydrogen-bond donors (Lipinski definition) is 2. The van der Waals surface area contributed by atoms with Crippen LogP contribution in [0.2, 0.25) is 0 Å². The molecule has 0 radical (unpaired) electrons. The minimum Gasteiger partial charge on any atom is -0.462 e. The highest BCUT2D eigenvalue weighted by Gasteiger charge is 2.14. The Balaban J connectivity index is 2.15. The number of anilines is 2. The molecule has 0 aromatic heterocycles. The first-order valence-electron chi connectivity index (χ1n) is 7.46. The second-order valence-electron chi connectivity index (χ2n) is 4.98. The van der Waals surface area contributed by atoms with E-state index in [9.17, 15) is 14.4 Å².